The normalized spacial score (nSPS) is 14.5. The van der Waals surface area contributed by atoms with Crippen LogP contribution in [0.2, 0.25) is 0 Å². The van der Waals surface area contributed by atoms with Gasteiger partial charge in [-0.2, -0.15) is 0 Å². The first-order valence-corrected chi connectivity index (χ1v) is 11.2. The van der Waals surface area contributed by atoms with Gasteiger partial charge in [0, 0.05) is 13.1 Å². The van der Waals surface area contributed by atoms with E-state index in [9.17, 15) is 28.2 Å². The molecule has 0 aromatic heterocycles. The Morgan fingerprint density at radius 1 is 1.03 bits per heavy atom. The summed E-state index contributed by atoms with van der Waals surface area (Å²) < 4.78 is 43.1. The van der Waals surface area contributed by atoms with Crippen LogP contribution < -0.4 is 10.6 Å². The number of phenolic OH excluding ortho intramolecular Hbond substituents is 1. The van der Waals surface area contributed by atoms with Crippen molar-refractivity contribution in [2.75, 3.05) is 25.0 Å². The standard InChI is InChI=1S/C26H26F3N3O3/c1-2-16-6-9-22(21(28)11-16)31-24-19(7-8-20(27)23(24)29)25(34)32-14-26(35,15-32)13-30-12-17-4-3-5-18(33)10-17/h3-11,30-31,33,35H,2,12-15H2,1H3. The van der Waals surface area contributed by atoms with Crippen LogP contribution in [0.1, 0.15) is 28.4 Å². The lowest BCUT2D eigenvalue weighted by atomic mass is 9.92. The number of aliphatic hydroxyl groups is 1. The molecule has 0 radical (unpaired) electrons. The number of aromatic hydroxyl groups is 1. The Morgan fingerprint density at radius 3 is 2.49 bits per heavy atom. The van der Waals surface area contributed by atoms with Crippen LogP contribution >= 0.6 is 0 Å². The fourth-order valence-corrected chi connectivity index (χ4v) is 4.06. The van der Waals surface area contributed by atoms with E-state index in [1.54, 1.807) is 24.3 Å². The topological polar surface area (TPSA) is 84.8 Å². The lowest BCUT2D eigenvalue weighted by Gasteiger charge is -2.46. The van der Waals surface area contributed by atoms with Crippen molar-refractivity contribution in [1.29, 1.82) is 0 Å². The second-order valence-corrected chi connectivity index (χ2v) is 8.74. The SMILES string of the molecule is CCc1ccc(Nc2c(C(=O)N3CC(O)(CNCc4cccc(O)c4)C3)ccc(F)c2F)c(F)c1. The number of nitrogens with one attached hydrogen (secondary N) is 2. The van der Waals surface area contributed by atoms with Crippen LogP contribution in [0.4, 0.5) is 24.5 Å². The highest BCUT2D eigenvalue weighted by molar-refractivity contribution is 6.01. The van der Waals surface area contributed by atoms with E-state index in [1.165, 1.54) is 17.0 Å². The maximum absolute atomic E-state index is 14.7. The summed E-state index contributed by atoms with van der Waals surface area (Å²) in [4.78, 5) is 14.4. The maximum Gasteiger partial charge on any atom is 0.256 e. The smallest absolute Gasteiger partial charge is 0.256 e. The Labute approximate surface area is 201 Å². The molecule has 1 fully saturated rings. The van der Waals surface area contributed by atoms with Gasteiger partial charge in [-0.25, -0.2) is 13.2 Å². The minimum atomic E-state index is -1.29. The zero-order valence-electron chi connectivity index (χ0n) is 19.1. The number of benzene rings is 3. The Bertz CT molecular complexity index is 1250. The van der Waals surface area contributed by atoms with Gasteiger partial charge in [-0.15, -0.1) is 0 Å². The molecule has 4 N–H and O–H groups in total. The fraction of sp³-hybridized carbons (Fsp3) is 0.269. The number of anilines is 2. The van der Waals surface area contributed by atoms with Gasteiger partial charge in [-0.1, -0.05) is 25.1 Å². The Balaban J connectivity index is 1.44. The molecule has 1 amide bonds. The van der Waals surface area contributed by atoms with E-state index in [2.05, 4.69) is 10.6 Å². The summed E-state index contributed by atoms with van der Waals surface area (Å²) in [6.07, 6.45) is 0.607. The highest BCUT2D eigenvalue weighted by atomic mass is 19.2. The number of carbonyl (C=O) groups is 1. The number of halogens is 3. The minimum Gasteiger partial charge on any atom is -0.508 e. The molecule has 0 unspecified atom stereocenters. The molecule has 0 atom stereocenters. The van der Waals surface area contributed by atoms with Gasteiger partial charge < -0.3 is 25.7 Å². The number of hydrogen-bond acceptors (Lipinski definition) is 5. The summed E-state index contributed by atoms with van der Waals surface area (Å²) in [6.45, 7) is 2.42. The molecular weight excluding hydrogens is 459 g/mol. The van der Waals surface area contributed by atoms with Crippen molar-refractivity contribution in [1.82, 2.24) is 10.2 Å². The number of phenols is 1. The highest BCUT2D eigenvalue weighted by Gasteiger charge is 2.44. The van der Waals surface area contributed by atoms with Crippen molar-refractivity contribution in [2.24, 2.45) is 0 Å². The summed E-state index contributed by atoms with van der Waals surface area (Å²) in [5.74, 6) is -3.60. The van der Waals surface area contributed by atoms with Crippen molar-refractivity contribution in [2.45, 2.75) is 25.5 Å². The first-order chi connectivity index (χ1) is 16.7. The van der Waals surface area contributed by atoms with Crippen LogP contribution in [0.3, 0.4) is 0 Å². The highest BCUT2D eigenvalue weighted by Crippen LogP contribution is 2.31. The molecule has 3 aromatic rings. The van der Waals surface area contributed by atoms with Crippen LogP contribution in [0.25, 0.3) is 0 Å². The molecule has 35 heavy (non-hydrogen) atoms. The quantitative estimate of drug-likeness (QED) is 0.386. The van der Waals surface area contributed by atoms with Crippen LogP contribution in [-0.2, 0) is 13.0 Å². The first kappa shape index (κ1) is 24.6. The van der Waals surface area contributed by atoms with E-state index in [-0.39, 0.29) is 36.6 Å². The summed E-state index contributed by atoms with van der Waals surface area (Å²) >= 11 is 0. The number of nitrogens with zero attached hydrogens (tertiary/aromatic N) is 1. The third-order valence-electron chi connectivity index (χ3n) is 5.98. The van der Waals surface area contributed by atoms with Crippen LogP contribution in [0, 0.1) is 17.5 Å². The molecule has 1 aliphatic rings. The van der Waals surface area contributed by atoms with Gasteiger partial charge in [0.15, 0.2) is 11.6 Å². The zero-order valence-corrected chi connectivity index (χ0v) is 19.1. The van der Waals surface area contributed by atoms with Crippen LogP contribution in [0.15, 0.2) is 54.6 Å². The largest absolute Gasteiger partial charge is 0.508 e. The van der Waals surface area contributed by atoms with Gasteiger partial charge in [-0.3, -0.25) is 4.79 Å². The third kappa shape index (κ3) is 5.41. The number of aryl methyl sites for hydroxylation is 1. The van der Waals surface area contributed by atoms with Crippen molar-refractivity contribution < 1.29 is 28.2 Å². The predicted molar refractivity (Wildman–Crippen MR) is 126 cm³/mol. The molecule has 0 saturated carbocycles. The number of likely N-dealkylation sites (tertiary alicyclic amines) is 1. The monoisotopic (exact) mass is 485 g/mol. The first-order valence-electron chi connectivity index (χ1n) is 11.2. The van der Waals surface area contributed by atoms with Gasteiger partial charge in [0.2, 0.25) is 0 Å². The molecule has 4 rings (SSSR count). The molecule has 1 heterocycles. The van der Waals surface area contributed by atoms with Crippen LogP contribution in [0.5, 0.6) is 5.75 Å². The maximum atomic E-state index is 14.7. The van der Waals surface area contributed by atoms with Gasteiger partial charge in [0.1, 0.15) is 17.2 Å². The minimum absolute atomic E-state index is 0.0170. The summed E-state index contributed by atoms with van der Waals surface area (Å²) in [5.41, 5.74) is -0.342. The Hall–Kier alpha value is -3.56. The lowest BCUT2D eigenvalue weighted by molar-refractivity contribution is -0.0787. The zero-order chi connectivity index (χ0) is 25.2. The number of carbonyl (C=O) groups excluding carboxylic acids is 1. The van der Waals surface area contributed by atoms with E-state index < -0.39 is 34.6 Å². The fourth-order valence-electron chi connectivity index (χ4n) is 4.06. The molecule has 184 valence electrons. The number of amides is 1. The molecule has 1 saturated heterocycles. The lowest BCUT2D eigenvalue weighted by Crippen LogP contribution is -2.67. The molecule has 0 aliphatic carbocycles. The summed E-state index contributed by atoms with van der Waals surface area (Å²) in [7, 11) is 0. The van der Waals surface area contributed by atoms with Crippen molar-refractivity contribution in [3.63, 3.8) is 0 Å². The number of rotatable bonds is 8. The van der Waals surface area contributed by atoms with Crippen molar-refractivity contribution in [3.8, 4) is 5.75 Å². The second kappa shape index (κ2) is 9.97. The van der Waals surface area contributed by atoms with Gasteiger partial charge in [0.25, 0.3) is 5.91 Å². The molecule has 0 spiro atoms. The molecule has 9 heteroatoms. The van der Waals surface area contributed by atoms with Gasteiger partial charge >= 0.3 is 0 Å². The Kier molecular flexibility index (Phi) is 7.00. The molecule has 3 aromatic carbocycles. The predicted octanol–water partition coefficient (Wildman–Crippen LogP) is 4.09. The number of β-amino-alcohol motifs (C(OH)–C–C–N with tert-alkyl or cyclic N) is 1. The Morgan fingerprint density at radius 2 is 1.80 bits per heavy atom. The van der Waals surface area contributed by atoms with Crippen LogP contribution in [-0.4, -0.2) is 46.3 Å². The van der Waals surface area contributed by atoms with E-state index >= 15 is 0 Å². The summed E-state index contributed by atoms with van der Waals surface area (Å²) in [6, 6.07) is 13.0. The van der Waals surface area contributed by atoms with Gasteiger partial charge in [0.05, 0.1) is 30.0 Å². The molecular formula is C26H26F3N3O3. The molecule has 6 nitrogen and oxygen atoms in total. The second-order valence-electron chi connectivity index (χ2n) is 8.74. The average molecular weight is 486 g/mol. The number of hydrogen-bond donors (Lipinski definition) is 4. The summed E-state index contributed by atoms with van der Waals surface area (Å²) in [5, 5.41) is 25.8. The van der Waals surface area contributed by atoms with E-state index in [0.29, 0.717) is 13.0 Å². The third-order valence-corrected chi connectivity index (χ3v) is 5.98. The molecule has 0 bridgehead atoms. The molecule has 1 aliphatic heterocycles. The van der Waals surface area contributed by atoms with E-state index in [0.717, 1.165) is 23.3 Å². The van der Waals surface area contributed by atoms with Crippen molar-refractivity contribution in [3.05, 3.63) is 88.7 Å². The average Bonchev–Trinajstić information content (AvgIpc) is 2.81. The van der Waals surface area contributed by atoms with Gasteiger partial charge in [-0.05, 0) is 53.9 Å². The van der Waals surface area contributed by atoms with E-state index in [4.69, 9.17) is 0 Å². The van der Waals surface area contributed by atoms with E-state index in [1.807, 2.05) is 13.0 Å². The van der Waals surface area contributed by atoms with Crippen molar-refractivity contribution >= 4 is 17.3 Å².